The quantitative estimate of drug-likeness (QED) is 0.643. The van der Waals surface area contributed by atoms with Gasteiger partial charge in [-0.15, -0.1) is 0 Å². The number of unbranched alkanes of at least 4 members (excludes halogenated alkanes) is 4. The topological polar surface area (TPSA) is 92.4 Å². The molecule has 1 aromatic rings. The number of aromatic nitrogens is 1. The van der Waals surface area contributed by atoms with Crippen LogP contribution in [0.25, 0.3) is 0 Å². The Bertz CT molecular complexity index is 429. The summed E-state index contributed by atoms with van der Waals surface area (Å²) in [5, 5.41) is 11.3. The first-order valence-electron chi connectivity index (χ1n) is 7.07. The number of carbonyl (C=O) groups is 2. The number of aryl methyl sites for hydroxylation is 1. The van der Waals surface area contributed by atoms with E-state index in [1.165, 1.54) is 6.39 Å². The predicted molar refractivity (Wildman–Crippen MR) is 73.6 cm³/mol. The zero-order valence-corrected chi connectivity index (χ0v) is 11.9. The molecule has 1 heterocycles. The summed E-state index contributed by atoms with van der Waals surface area (Å²) < 4.78 is 5.11. The van der Waals surface area contributed by atoms with Gasteiger partial charge in [-0.2, -0.15) is 0 Å². The minimum Gasteiger partial charge on any atom is -0.481 e. The van der Waals surface area contributed by atoms with Crippen molar-refractivity contribution in [2.24, 2.45) is 0 Å². The molecule has 1 rings (SSSR count). The Morgan fingerprint density at radius 2 is 1.95 bits per heavy atom. The minimum absolute atomic E-state index is 0.193. The van der Waals surface area contributed by atoms with Gasteiger partial charge in [0.2, 0.25) is 0 Å². The molecule has 1 amide bonds. The highest BCUT2D eigenvalue weighted by molar-refractivity contribution is 5.93. The third kappa shape index (κ3) is 5.86. The zero-order chi connectivity index (χ0) is 14.8. The van der Waals surface area contributed by atoms with Crippen LogP contribution < -0.4 is 5.32 Å². The van der Waals surface area contributed by atoms with Crippen LogP contribution in [-0.4, -0.2) is 28.5 Å². The van der Waals surface area contributed by atoms with Crippen molar-refractivity contribution in [1.29, 1.82) is 0 Å². The third-order valence-corrected chi connectivity index (χ3v) is 3.03. The monoisotopic (exact) mass is 282 g/mol. The first kappa shape index (κ1) is 16.2. The first-order valence-corrected chi connectivity index (χ1v) is 7.07. The van der Waals surface area contributed by atoms with Crippen LogP contribution >= 0.6 is 0 Å². The first-order chi connectivity index (χ1) is 9.65. The van der Waals surface area contributed by atoms with Crippen LogP contribution in [0.3, 0.4) is 0 Å². The van der Waals surface area contributed by atoms with E-state index < -0.39 is 5.97 Å². The predicted octanol–water partition coefficient (Wildman–Crippen LogP) is 2.39. The summed E-state index contributed by atoms with van der Waals surface area (Å²) >= 11 is 0. The Balaban J connectivity index is 2.07. The van der Waals surface area contributed by atoms with Gasteiger partial charge in [0, 0.05) is 19.4 Å². The lowest BCUT2D eigenvalue weighted by atomic mass is 10.1. The standard InChI is InChI=1S/C14H22N2O4/c1-2-11-13(16-10-20-11)14(19)15-9-7-5-3-4-6-8-12(17)18/h10H,2-9H2,1H3,(H,15,19)(H,17,18). The van der Waals surface area contributed by atoms with Gasteiger partial charge in [0.05, 0.1) is 0 Å². The number of amides is 1. The summed E-state index contributed by atoms with van der Waals surface area (Å²) in [4.78, 5) is 26.0. The van der Waals surface area contributed by atoms with Gasteiger partial charge in [0.1, 0.15) is 5.76 Å². The van der Waals surface area contributed by atoms with Crippen LogP contribution in [-0.2, 0) is 11.2 Å². The fourth-order valence-corrected chi connectivity index (χ4v) is 1.92. The normalized spacial score (nSPS) is 10.4. The van der Waals surface area contributed by atoms with Crippen LogP contribution in [0.5, 0.6) is 0 Å². The average molecular weight is 282 g/mol. The van der Waals surface area contributed by atoms with Gasteiger partial charge in [-0.25, -0.2) is 4.98 Å². The summed E-state index contributed by atoms with van der Waals surface area (Å²) in [5.41, 5.74) is 0.369. The van der Waals surface area contributed by atoms with Crippen LogP contribution in [0.4, 0.5) is 0 Å². The van der Waals surface area contributed by atoms with Crippen LogP contribution in [0.1, 0.15) is 61.7 Å². The Morgan fingerprint density at radius 1 is 1.25 bits per heavy atom. The summed E-state index contributed by atoms with van der Waals surface area (Å²) in [5.74, 6) is -0.325. The van der Waals surface area contributed by atoms with E-state index in [1.54, 1.807) is 0 Å². The van der Waals surface area contributed by atoms with Gasteiger partial charge in [-0.1, -0.05) is 26.2 Å². The van der Waals surface area contributed by atoms with Gasteiger partial charge in [-0.3, -0.25) is 9.59 Å². The number of rotatable bonds is 10. The molecule has 0 atom stereocenters. The zero-order valence-electron chi connectivity index (χ0n) is 11.9. The van der Waals surface area contributed by atoms with Crippen molar-refractivity contribution in [3.63, 3.8) is 0 Å². The van der Waals surface area contributed by atoms with Crippen molar-refractivity contribution in [2.45, 2.75) is 51.9 Å². The van der Waals surface area contributed by atoms with Crippen molar-refractivity contribution < 1.29 is 19.1 Å². The molecule has 0 unspecified atom stereocenters. The van der Waals surface area contributed by atoms with Crippen molar-refractivity contribution in [3.8, 4) is 0 Å². The second kappa shape index (κ2) is 9.12. The lowest BCUT2D eigenvalue weighted by Gasteiger charge is -2.04. The van der Waals surface area contributed by atoms with Gasteiger partial charge in [-0.05, 0) is 12.8 Å². The number of oxazole rings is 1. The molecule has 0 fully saturated rings. The fraction of sp³-hybridized carbons (Fsp3) is 0.643. The van der Waals surface area contributed by atoms with E-state index in [2.05, 4.69) is 10.3 Å². The van der Waals surface area contributed by atoms with Crippen LogP contribution in [0.2, 0.25) is 0 Å². The molecule has 0 saturated heterocycles. The van der Waals surface area contributed by atoms with E-state index in [4.69, 9.17) is 9.52 Å². The molecule has 6 heteroatoms. The molecule has 0 aliphatic heterocycles. The number of nitrogens with zero attached hydrogens (tertiary/aromatic N) is 1. The van der Waals surface area contributed by atoms with E-state index in [0.717, 1.165) is 32.1 Å². The summed E-state index contributed by atoms with van der Waals surface area (Å²) in [6, 6.07) is 0. The number of hydrogen-bond donors (Lipinski definition) is 2. The van der Waals surface area contributed by atoms with E-state index >= 15 is 0 Å². The molecule has 6 nitrogen and oxygen atoms in total. The molecule has 20 heavy (non-hydrogen) atoms. The number of nitrogens with one attached hydrogen (secondary N) is 1. The van der Waals surface area contributed by atoms with Gasteiger partial charge in [0.15, 0.2) is 12.1 Å². The number of aliphatic carboxylic acids is 1. The Labute approximate surface area is 118 Å². The fourth-order valence-electron chi connectivity index (χ4n) is 1.92. The number of carboxylic acid groups (broad SMARTS) is 1. The molecule has 2 N–H and O–H groups in total. The SMILES string of the molecule is CCc1ocnc1C(=O)NCCCCCCCC(=O)O. The second-order valence-corrected chi connectivity index (χ2v) is 4.65. The molecule has 0 aliphatic rings. The maximum absolute atomic E-state index is 11.8. The summed E-state index contributed by atoms with van der Waals surface area (Å²) in [7, 11) is 0. The van der Waals surface area contributed by atoms with Crippen molar-refractivity contribution in [1.82, 2.24) is 10.3 Å². The second-order valence-electron chi connectivity index (χ2n) is 4.65. The van der Waals surface area contributed by atoms with Gasteiger partial charge >= 0.3 is 5.97 Å². The molecule has 0 aliphatic carbocycles. The maximum Gasteiger partial charge on any atom is 0.303 e. The highest BCUT2D eigenvalue weighted by Gasteiger charge is 2.14. The van der Waals surface area contributed by atoms with Gasteiger partial charge < -0.3 is 14.8 Å². The molecule has 0 saturated carbocycles. The van der Waals surface area contributed by atoms with E-state index in [0.29, 0.717) is 24.4 Å². The van der Waals surface area contributed by atoms with E-state index in [-0.39, 0.29) is 12.3 Å². The van der Waals surface area contributed by atoms with Crippen LogP contribution in [0.15, 0.2) is 10.8 Å². The average Bonchev–Trinajstić information content (AvgIpc) is 2.89. The Morgan fingerprint density at radius 3 is 2.65 bits per heavy atom. The van der Waals surface area contributed by atoms with Crippen molar-refractivity contribution in [3.05, 3.63) is 17.8 Å². The lowest BCUT2D eigenvalue weighted by molar-refractivity contribution is -0.137. The number of hydrogen-bond acceptors (Lipinski definition) is 4. The third-order valence-electron chi connectivity index (χ3n) is 3.03. The minimum atomic E-state index is -0.739. The van der Waals surface area contributed by atoms with Crippen molar-refractivity contribution in [2.75, 3.05) is 6.54 Å². The molecule has 112 valence electrons. The van der Waals surface area contributed by atoms with E-state index in [1.807, 2.05) is 6.92 Å². The molecular weight excluding hydrogens is 260 g/mol. The van der Waals surface area contributed by atoms with Crippen molar-refractivity contribution >= 4 is 11.9 Å². The highest BCUT2D eigenvalue weighted by atomic mass is 16.4. The Hall–Kier alpha value is -1.85. The largest absolute Gasteiger partial charge is 0.481 e. The van der Waals surface area contributed by atoms with Crippen LogP contribution in [0, 0.1) is 0 Å². The van der Waals surface area contributed by atoms with E-state index in [9.17, 15) is 9.59 Å². The molecule has 0 bridgehead atoms. The number of carbonyl (C=O) groups excluding carboxylic acids is 1. The lowest BCUT2D eigenvalue weighted by Crippen LogP contribution is -2.25. The molecule has 0 aromatic carbocycles. The highest BCUT2D eigenvalue weighted by Crippen LogP contribution is 2.08. The smallest absolute Gasteiger partial charge is 0.303 e. The molecule has 0 spiro atoms. The maximum atomic E-state index is 11.8. The number of carboxylic acids is 1. The summed E-state index contributed by atoms with van der Waals surface area (Å²) in [6.07, 6.45) is 6.68. The molecule has 1 aromatic heterocycles. The molecular formula is C14H22N2O4. The summed E-state index contributed by atoms with van der Waals surface area (Å²) in [6.45, 7) is 2.52. The molecule has 0 radical (unpaired) electrons. The Kier molecular flexibility index (Phi) is 7.39. The van der Waals surface area contributed by atoms with Gasteiger partial charge in [0.25, 0.3) is 5.91 Å².